The molecule has 2 aromatic heterocycles. The number of benzene rings is 1. The highest BCUT2D eigenvalue weighted by atomic mass is 19.2. The molecule has 5 heterocycles. The van der Waals surface area contributed by atoms with Crippen LogP contribution in [-0.2, 0) is 11.3 Å². The lowest BCUT2D eigenvalue weighted by molar-refractivity contribution is 0.121. The van der Waals surface area contributed by atoms with Gasteiger partial charge in [-0.15, -0.1) is 0 Å². The van der Waals surface area contributed by atoms with Crippen LogP contribution in [0.25, 0.3) is 10.9 Å². The van der Waals surface area contributed by atoms with Crippen molar-refractivity contribution in [1.82, 2.24) is 19.8 Å². The van der Waals surface area contributed by atoms with Crippen LogP contribution in [0.4, 0.5) is 20.3 Å². The third-order valence-corrected chi connectivity index (χ3v) is 8.17. The van der Waals surface area contributed by atoms with E-state index in [0.717, 1.165) is 43.3 Å². The Morgan fingerprint density at radius 2 is 2.15 bits per heavy atom. The van der Waals surface area contributed by atoms with E-state index in [4.69, 9.17) is 15.2 Å². The Morgan fingerprint density at radius 1 is 1.29 bits per heavy atom. The lowest BCUT2D eigenvalue weighted by Crippen LogP contribution is -2.49. The number of dihydropyridines is 1. The number of nitrogens with zero attached hydrogens (tertiary/aromatic N) is 4. The Kier molecular flexibility index (Phi) is 7.39. The molecule has 6 rings (SSSR count). The van der Waals surface area contributed by atoms with E-state index < -0.39 is 11.6 Å². The summed E-state index contributed by atoms with van der Waals surface area (Å²) in [6.07, 6.45) is 11.1. The average Bonchev–Trinajstić information content (AvgIpc) is 2.99. The van der Waals surface area contributed by atoms with Crippen molar-refractivity contribution < 1.29 is 18.3 Å². The first-order valence-electron chi connectivity index (χ1n) is 13.9. The molecule has 0 bridgehead atoms. The maximum absolute atomic E-state index is 14.6. The summed E-state index contributed by atoms with van der Waals surface area (Å²) in [5, 5.41) is 3.28. The Hall–Kier alpha value is -3.96. The van der Waals surface area contributed by atoms with Crippen LogP contribution in [0.15, 0.2) is 59.3 Å². The molecule has 1 fully saturated rings. The number of aromatic nitrogens is 2. The van der Waals surface area contributed by atoms with Gasteiger partial charge in [-0.1, -0.05) is 0 Å². The topological polar surface area (TPSA) is 97.9 Å². The standard InChI is InChI=1S/C30H34F2N6O3/c1-18-17-41-30-27(32)24(31)11-23-28(30)38(18)15-20(29(23)39)14-37(13-19-7-8-34-26(10-19)40-2)22-4-3-9-36(16-22)21-5-6-25(33)35-12-21/h5-8,10-12,15,18,22,26,34H,3-4,9,13-14,16-17H2,1-2H3,(H2,33,35). The van der Waals surface area contributed by atoms with Gasteiger partial charge in [-0.05, 0) is 61.9 Å². The van der Waals surface area contributed by atoms with Gasteiger partial charge >= 0.3 is 0 Å². The molecule has 41 heavy (non-hydrogen) atoms. The molecule has 0 saturated carbocycles. The van der Waals surface area contributed by atoms with Crippen LogP contribution >= 0.6 is 0 Å². The van der Waals surface area contributed by atoms with Gasteiger partial charge in [0.1, 0.15) is 18.7 Å². The average molecular weight is 565 g/mol. The highest BCUT2D eigenvalue weighted by molar-refractivity contribution is 5.86. The van der Waals surface area contributed by atoms with Gasteiger partial charge in [-0.3, -0.25) is 9.69 Å². The molecule has 3 aliphatic rings. The van der Waals surface area contributed by atoms with Crippen molar-refractivity contribution in [2.45, 2.75) is 44.6 Å². The third kappa shape index (κ3) is 5.27. The Bertz CT molecular complexity index is 1570. The molecular formula is C30H34F2N6O3. The van der Waals surface area contributed by atoms with Crippen LogP contribution in [0.5, 0.6) is 5.75 Å². The van der Waals surface area contributed by atoms with Crippen molar-refractivity contribution in [3.05, 3.63) is 81.9 Å². The minimum absolute atomic E-state index is 0.115. The molecule has 9 nitrogen and oxygen atoms in total. The van der Waals surface area contributed by atoms with E-state index in [0.29, 0.717) is 30.0 Å². The largest absolute Gasteiger partial charge is 0.486 e. The quantitative estimate of drug-likeness (QED) is 0.449. The number of piperidine rings is 1. The summed E-state index contributed by atoms with van der Waals surface area (Å²) in [7, 11) is 1.64. The Morgan fingerprint density at radius 3 is 2.93 bits per heavy atom. The number of methoxy groups -OCH3 is 1. The first-order chi connectivity index (χ1) is 19.8. The lowest BCUT2D eigenvalue weighted by Gasteiger charge is -2.41. The van der Waals surface area contributed by atoms with E-state index in [1.54, 1.807) is 25.6 Å². The summed E-state index contributed by atoms with van der Waals surface area (Å²) in [6.45, 7) is 4.67. The van der Waals surface area contributed by atoms with Crippen molar-refractivity contribution in [3.63, 3.8) is 0 Å². The van der Waals surface area contributed by atoms with Gasteiger partial charge in [0.2, 0.25) is 5.82 Å². The summed E-state index contributed by atoms with van der Waals surface area (Å²) in [4.78, 5) is 22.7. The first kappa shape index (κ1) is 27.2. The maximum Gasteiger partial charge on any atom is 0.202 e. The van der Waals surface area contributed by atoms with E-state index in [2.05, 4.69) is 20.1 Å². The van der Waals surface area contributed by atoms with E-state index >= 15 is 0 Å². The Balaban J connectivity index is 1.38. The van der Waals surface area contributed by atoms with Crippen LogP contribution in [0.1, 0.15) is 31.4 Å². The molecule has 3 aliphatic heterocycles. The van der Waals surface area contributed by atoms with Crippen molar-refractivity contribution in [2.75, 3.05) is 44.0 Å². The van der Waals surface area contributed by atoms with Gasteiger partial charge in [-0.2, -0.15) is 4.39 Å². The number of hydrogen-bond donors (Lipinski definition) is 2. The summed E-state index contributed by atoms with van der Waals surface area (Å²) in [6, 6.07) is 4.74. The van der Waals surface area contributed by atoms with Gasteiger partial charge < -0.3 is 30.0 Å². The number of nitrogen functional groups attached to an aromatic ring is 1. The SMILES string of the molecule is COC1C=C(CN(Cc2cn3c4c(c(F)c(F)cc4c2=O)OCC3C)C2CCCN(c3ccc(N)nc3)C2)C=CN1. The predicted octanol–water partition coefficient (Wildman–Crippen LogP) is 3.70. The highest BCUT2D eigenvalue weighted by Gasteiger charge is 2.30. The molecule has 0 aliphatic carbocycles. The molecule has 0 amide bonds. The normalized spacial score (nSPS) is 22.0. The van der Waals surface area contributed by atoms with Crippen LogP contribution in [0, 0.1) is 11.6 Å². The second-order valence-electron chi connectivity index (χ2n) is 10.9. The predicted molar refractivity (Wildman–Crippen MR) is 154 cm³/mol. The minimum atomic E-state index is -1.09. The molecule has 3 atom stereocenters. The van der Waals surface area contributed by atoms with Crippen molar-refractivity contribution >= 4 is 22.4 Å². The fraction of sp³-hybridized carbons (Fsp3) is 0.400. The smallest absolute Gasteiger partial charge is 0.202 e. The van der Waals surface area contributed by atoms with Crippen molar-refractivity contribution in [3.8, 4) is 5.75 Å². The van der Waals surface area contributed by atoms with Gasteiger partial charge in [0.15, 0.2) is 17.0 Å². The first-order valence-corrected chi connectivity index (χ1v) is 13.9. The molecular weight excluding hydrogens is 530 g/mol. The fourth-order valence-electron chi connectivity index (χ4n) is 5.99. The van der Waals surface area contributed by atoms with Crippen LogP contribution in [-0.4, -0.2) is 60.1 Å². The summed E-state index contributed by atoms with van der Waals surface area (Å²) in [5.41, 5.74) is 8.37. The molecule has 216 valence electrons. The van der Waals surface area contributed by atoms with E-state index in [1.165, 1.54) is 0 Å². The number of ether oxygens (including phenoxy) is 2. The molecule has 11 heteroatoms. The van der Waals surface area contributed by atoms with Crippen LogP contribution in [0.3, 0.4) is 0 Å². The fourth-order valence-corrected chi connectivity index (χ4v) is 5.99. The van der Waals surface area contributed by atoms with Crippen LogP contribution < -0.4 is 26.1 Å². The zero-order valence-electron chi connectivity index (χ0n) is 23.1. The molecule has 1 aromatic carbocycles. The molecule has 3 unspecified atom stereocenters. The molecule has 0 radical (unpaired) electrons. The van der Waals surface area contributed by atoms with E-state index in [1.807, 2.05) is 35.9 Å². The number of hydrogen-bond acceptors (Lipinski definition) is 8. The molecule has 3 N–H and O–H groups in total. The van der Waals surface area contributed by atoms with Crippen molar-refractivity contribution in [1.29, 1.82) is 0 Å². The van der Waals surface area contributed by atoms with Crippen LogP contribution in [0.2, 0.25) is 0 Å². The van der Waals surface area contributed by atoms with Gasteiger partial charge in [0, 0.05) is 51.1 Å². The minimum Gasteiger partial charge on any atom is -0.486 e. The number of nitrogens with two attached hydrogens (primary N) is 1. The monoisotopic (exact) mass is 564 g/mol. The summed E-state index contributed by atoms with van der Waals surface area (Å²) >= 11 is 0. The number of nitrogens with one attached hydrogen (secondary N) is 1. The second kappa shape index (κ2) is 11.1. The van der Waals surface area contributed by atoms with E-state index in [9.17, 15) is 13.6 Å². The highest BCUT2D eigenvalue weighted by Crippen LogP contribution is 2.35. The molecule has 3 aromatic rings. The van der Waals surface area contributed by atoms with Crippen molar-refractivity contribution in [2.24, 2.45) is 0 Å². The van der Waals surface area contributed by atoms with Gasteiger partial charge in [0.05, 0.1) is 28.8 Å². The maximum atomic E-state index is 14.6. The van der Waals surface area contributed by atoms with Gasteiger partial charge in [0.25, 0.3) is 0 Å². The number of rotatable bonds is 7. The zero-order valence-corrected chi connectivity index (χ0v) is 23.1. The number of pyridine rings is 2. The second-order valence-corrected chi connectivity index (χ2v) is 10.9. The number of anilines is 2. The summed E-state index contributed by atoms with van der Waals surface area (Å²) in [5.74, 6) is -1.88. The van der Waals surface area contributed by atoms with Gasteiger partial charge in [-0.25, -0.2) is 9.37 Å². The number of halogens is 2. The zero-order chi connectivity index (χ0) is 28.7. The van der Waals surface area contributed by atoms with E-state index in [-0.39, 0.29) is 41.5 Å². The Labute approximate surface area is 236 Å². The third-order valence-electron chi connectivity index (χ3n) is 8.17. The molecule has 1 saturated heterocycles. The molecule has 0 spiro atoms. The summed E-state index contributed by atoms with van der Waals surface area (Å²) < 4.78 is 42.0. The lowest BCUT2D eigenvalue weighted by atomic mass is 10.0.